The van der Waals surface area contributed by atoms with E-state index < -0.39 is 17.8 Å². The smallest absolute Gasteiger partial charge is 0.351 e. The summed E-state index contributed by atoms with van der Waals surface area (Å²) in [5.41, 5.74) is -1.03. The Morgan fingerprint density at radius 2 is 1.97 bits per heavy atom. The molecule has 0 saturated carbocycles. The maximum atomic E-state index is 13.7. The SMILES string of the molecule is Cc1nn(CCCNC(=O)c2nn3c(C(F)(F)F)cc(-c4cccs4)nc3c2Cl)c(Cl)c1Cl. The Bertz CT molecular complexity index is 1330. The molecule has 1 N–H and O–H groups in total. The molecular formula is C19H14Cl3F3N6OS. The standard InChI is InChI=1S/C19H14Cl3F3N6OS/c1-9-13(20)16(22)30(28-9)6-3-5-26-18(32)15-14(21)17-27-10(11-4-2-7-33-11)8-12(19(23,24)25)31(17)29-15/h2,4,7-8H,3,5-6H2,1H3,(H,26,32). The lowest BCUT2D eigenvalue weighted by Crippen LogP contribution is -2.26. The number of fused-ring (bicyclic) bond motifs is 1. The summed E-state index contributed by atoms with van der Waals surface area (Å²) >= 11 is 19.5. The first kappa shape index (κ1) is 23.8. The number of hydrogen-bond donors (Lipinski definition) is 1. The summed E-state index contributed by atoms with van der Waals surface area (Å²) in [6, 6.07) is 4.22. The number of nitrogens with zero attached hydrogens (tertiary/aromatic N) is 5. The zero-order chi connectivity index (χ0) is 23.9. The third-order valence-corrected chi connectivity index (χ3v) is 6.81. The van der Waals surface area contributed by atoms with Gasteiger partial charge in [0.2, 0.25) is 0 Å². The number of nitrogens with one attached hydrogen (secondary N) is 1. The van der Waals surface area contributed by atoms with Gasteiger partial charge < -0.3 is 5.32 Å². The Balaban J connectivity index is 1.56. The van der Waals surface area contributed by atoms with Gasteiger partial charge >= 0.3 is 6.18 Å². The Labute approximate surface area is 204 Å². The van der Waals surface area contributed by atoms with Gasteiger partial charge in [-0.2, -0.15) is 23.4 Å². The fourth-order valence-electron chi connectivity index (χ4n) is 3.08. The normalized spacial score (nSPS) is 12.0. The highest BCUT2D eigenvalue weighted by molar-refractivity contribution is 7.13. The third kappa shape index (κ3) is 4.68. The van der Waals surface area contributed by atoms with Crippen LogP contribution in [0.25, 0.3) is 16.2 Å². The van der Waals surface area contributed by atoms with Crippen molar-refractivity contribution < 1.29 is 18.0 Å². The average molecular weight is 538 g/mol. The van der Waals surface area contributed by atoms with Crippen molar-refractivity contribution in [3.05, 3.63) is 55.9 Å². The topological polar surface area (TPSA) is 77.1 Å². The van der Waals surface area contributed by atoms with Crippen molar-refractivity contribution in [1.29, 1.82) is 0 Å². The van der Waals surface area contributed by atoms with E-state index in [0.717, 1.165) is 6.07 Å². The van der Waals surface area contributed by atoms with Gasteiger partial charge in [-0.1, -0.05) is 40.9 Å². The van der Waals surface area contributed by atoms with E-state index in [9.17, 15) is 18.0 Å². The van der Waals surface area contributed by atoms with Crippen LogP contribution in [0.15, 0.2) is 23.6 Å². The second-order valence-electron chi connectivity index (χ2n) is 6.92. The first-order chi connectivity index (χ1) is 15.6. The first-order valence-electron chi connectivity index (χ1n) is 9.45. The molecule has 4 rings (SSSR count). The first-order valence-corrected chi connectivity index (χ1v) is 11.5. The molecule has 0 atom stereocenters. The number of alkyl halides is 3. The Morgan fingerprint density at radius 3 is 2.58 bits per heavy atom. The molecular weight excluding hydrogens is 524 g/mol. The van der Waals surface area contributed by atoms with Gasteiger partial charge in [-0.3, -0.25) is 9.48 Å². The van der Waals surface area contributed by atoms with Gasteiger partial charge in [-0.05, 0) is 30.9 Å². The lowest BCUT2D eigenvalue weighted by Gasteiger charge is -2.10. The fourth-order valence-corrected chi connectivity index (χ4v) is 4.41. The van der Waals surface area contributed by atoms with E-state index in [4.69, 9.17) is 34.8 Å². The van der Waals surface area contributed by atoms with Crippen molar-refractivity contribution in [1.82, 2.24) is 29.7 Å². The number of hydrogen-bond acceptors (Lipinski definition) is 5. The highest BCUT2D eigenvalue weighted by atomic mass is 35.5. The minimum absolute atomic E-state index is 0.0867. The van der Waals surface area contributed by atoms with Gasteiger partial charge in [-0.15, -0.1) is 11.3 Å². The molecule has 7 nitrogen and oxygen atoms in total. The maximum absolute atomic E-state index is 13.7. The summed E-state index contributed by atoms with van der Waals surface area (Å²) in [7, 11) is 0. The van der Waals surface area contributed by atoms with E-state index in [2.05, 4.69) is 20.5 Å². The van der Waals surface area contributed by atoms with Gasteiger partial charge in [0.05, 0.1) is 16.3 Å². The van der Waals surface area contributed by atoms with Gasteiger partial charge in [0.1, 0.15) is 15.2 Å². The zero-order valence-electron chi connectivity index (χ0n) is 16.8. The monoisotopic (exact) mass is 536 g/mol. The number of rotatable bonds is 6. The number of carbonyl (C=O) groups is 1. The average Bonchev–Trinajstić information content (AvgIpc) is 3.46. The Hall–Kier alpha value is -2.34. The summed E-state index contributed by atoms with van der Waals surface area (Å²) in [5.74, 6) is -0.725. The molecule has 0 aliphatic heterocycles. The van der Waals surface area contributed by atoms with Gasteiger partial charge in [0.15, 0.2) is 17.0 Å². The molecule has 4 heterocycles. The summed E-state index contributed by atoms with van der Waals surface area (Å²) in [5, 5.41) is 12.7. The number of thiophene rings is 1. The van der Waals surface area contributed by atoms with Crippen molar-refractivity contribution in [2.75, 3.05) is 6.54 Å². The molecule has 0 spiro atoms. The summed E-state index contributed by atoms with van der Waals surface area (Å²) in [6.45, 7) is 2.26. The van der Waals surface area contributed by atoms with E-state index in [1.165, 1.54) is 16.0 Å². The minimum Gasteiger partial charge on any atom is -0.351 e. The summed E-state index contributed by atoms with van der Waals surface area (Å²) < 4.78 is 43.1. The van der Waals surface area contributed by atoms with Crippen LogP contribution < -0.4 is 5.32 Å². The van der Waals surface area contributed by atoms with E-state index in [-0.39, 0.29) is 33.8 Å². The van der Waals surface area contributed by atoms with Crippen LogP contribution in [0.5, 0.6) is 0 Å². The van der Waals surface area contributed by atoms with Crippen LogP contribution in [-0.2, 0) is 12.7 Å². The lowest BCUT2D eigenvalue weighted by atomic mass is 10.2. The van der Waals surface area contributed by atoms with Crippen molar-refractivity contribution in [3.8, 4) is 10.6 Å². The van der Waals surface area contributed by atoms with E-state index in [0.29, 0.717) is 33.1 Å². The van der Waals surface area contributed by atoms with Crippen LogP contribution in [0.2, 0.25) is 15.2 Å². The largest absolute Gasteiger partial charge is 0.433 e. The molecule has 0 fully saturated rings. The van der Waals surface area contributed by atoms with Crippen LogP contribution in [0.1, 0.15) is 28.3 Å². The van der Waals surface area contributed by atoms with Gasteiger partial charge in [0, 0.05) is 13.1 Å². The highest BCUT2D eigenvalue weighted by Crippen LogP contribution is 2.35. The molecule has 0 bridgehead atoms. The minimum atomic E-state index is -4.74. The molecule has 4 aromatic rings. The molecule has 0 aliphatic rings. The number of amides is 1. The predicted molar refractivity (Wildman–Crippen MR) is 120 cm³/mol. The number of aryl methyl sites for hydroxylation is 2. The van der Waals surface area contributed by atoms with Crippen LogP contribution in [0.4, 0.5) is 13.2 Å². The van der Waals surface area contributed by atoms with Crippen LogP contribution in [0, 0.1) is 6.92 Å². The van der Waals surface area contributed by atoms with Crippen LogP contribution >= 0.6 is 46.1 Å². The number of halogens is 6. The predicted octanol–water partition coefficient (Wildman–Crippen LogP) is 5.76. The van der Waals surface area contributed by atoms with Gasteiger partial charge in [0.25, 0.3) is 5.91 Å². The van der Waals surface area contributed by atoms with Crippen molar-refractivity contribution in [2.24, 2.45) is 0 Å². The maximum Gasteiger partial charge on any atom is 0.433 e. The highest BCUT2D eigenvalue weighted by Gasteiger charge is 2.36. The molecule has 33 heavy (non-hydrogen) atoms. The fraction of sp³-hybridized carbons (Fsp3) is 0.263. The Morgan fingerprint density at radius 1 is 1.21 bits per heavy atom. The molecule has 0 aliphatic carbocycles. The quantitative estimate of drug-likeness (QED) is 0.317. The molecule has 174 valence electrons. The summed E-state index contributed by atoms with van der Waals surface area (Å²) in [4.78, 5) is 17.3. The van der Waals surface area contributed by atoms with Crippen molar-refractivity contribution >= 4 is 57.7 Å². The third-order valence-electron chi connectivity index (χ3n) is 4.64. The van der Waals surface area contributed by atoms with E-state index in [1.54, 1.807) is 24.4 Å². The molecule has 1 amide bonds. The van der Waals surface area contributed by atoms with Crippen molar-refractivity contribution in [3.63, 3.8) is 0 Å². The molecule has 0 radical (unpaired) electrons. The lowest BCUT2D eigenvalue weighted by molar-refractivity contribution is -0.142. The summed E-state index contributed by atoms with van der Waals surface area (Å²) in [6.07, 6.45) is -4.30. The second-order valence-corrected chi connectivity index (χ2v) is 8.98. The Kier molecular flexibility index (Phi) is 6.59. The van der Waals surface area contributed by atoms with E-state index in [1.807, 2.05) is 0 Å². The number of aromatic nitrogens is 5. The van der Waals surface area contributed by atoms with E-state index >= 15 is 0 Å². The van der Waals surface area contributed by atoms with Gasteiger partial charge in [-0.25, -0.2) is 9.50 Å². The zero-order valence-corrected chi connectivity index (χ0v) is 19.8. The number of carbonyl (C=O) groups excluding carboxylic acids is 1. The van der Waals surface area contributed by atoms with Crippen LogP contribution in [-0.4, -0.2) is 36.8 Å². The molecule has 0 aromatic carbocycles. The van der Waals surface area contributed by atoms with Crippen molar-refractivity contribution in [2.45, 2.75) is 26.1 Å². The molecule has 14 heteroatoms. The molecule has 0 saturated heterocycles. The molecule has 0 unspecified atom stereocenters. The second kappa shape index (κ2) is 9.13. The van der Waals surface area contributed by atoms with Crippen LogP contribution in [0.3, 0.4) is 0 Å². The molecule has 4 aromatic heterocycles.